The average Bonchev–Trinajstić information content (AvgIpc) is 2.34. The molecular weight excluding hydrogens is 278 g/mol. The number of ether oxygens (including phenoxy) is 1. The summed E-state index contributed by atoms with van der Waals surface area (Å²) in [7, 11) is 2.01. The Kier molecular flexibility index (Phi) is 4.60. The first-order chi connectivity index (χ1) is 8.22. The van der Waals surface area contributed by atoms with Crippen LogP contribution in [-0.2, 0) is 4.74 Å². The molecule has 2 unspecified atom stereocenters. The molecule has 17 heavy (non-hydrogen) atoms. The number of rotatable bonds is 3. The summed E-state index contributed by atoms with van der Waals surface area (Å²) in [5, 5.41) is 3.27. The molecule has 1 aliphatic rings. The van der Waals surface area contributed by atoms with Crippen molar-refractivity contribution in [3.63, 3.8) is 0 Å². The summed E-state index contributed by atoms with van der Waals surface area (Å²) in [4.78, 5) is 0. The molecule has 94 valence electrons. The van der Waals surface area contributed by atoms with Gasteiger partial charge in [-0.3, -0.25) is 0 Å². The van der Waals surface area contributed by atoms with E-state index < -0.39 is 0 Å². The van der Waals surface area contributed by atoms with E-state index in [1.54, 1.807) is 0 Å². The van der Waals surface area contributed by atoms with Crippen molar-refractivity contribution in [2.75, 3.05) is 20.2 Å². The highest BCUT2D eigenvalue weighted by molar-refractivity contribution is 9.10. The van der Waals surface area contributed by atoms with Crippen LogP contribution < -0.4 is 5.32 Å². The van der Waals surface area contributed by atoms with Gasteiger partial charge in [0.1, 0.15) is 0 Å². The summed E-state index contributed by atoms with van der Waals surface area (Å²) < 4.78 is 7.14. The maximum atomic E-state index is 5.97. The van der Waals surface area contributed by atoms with Crippen molar-refractivity contribution in [2.24, 2.45) is 5.92 Å². The number of hydrogen-bond acceptors (Lipinski definition) is 2. The molecule has 1 aromatic rings. The van der Waals surface area contributed by atoms with Gasteiger partial charge in [0.15, 0.2) is 0 Å². The van der Waals surface area contributed by atoms with Gasteiger partial charge in [0.25, 0.3) is 0 Å². The third kappa shape index (κ3) is 3.09. The van der Waals surface area contributed by atoms with Crippen LogP contribution >= 0.6 is 15.9 Å². The largest absolute Gasteiger partial charge is 0.373 e. The second-order valence-corrected chi connectivity index (χ2v) is 5.61. The number of nitrogens with one attached hydrogen (secondary N) is 1. The van der Waals surface area contributed by atoms with Crippen LogP contribution in [0.4, 0.5) is 0 Å². The molecule has 0 aliphatic carbocycles. The smallest absolute Gasteiger partial charge is 0.0865 e. The first-order valence-electron chi connectivity index (χ1n) is 6.24. The van der Waals surface area contributed by atoms with Crippen LogP contribution in [0.5, 0.6) is 0 Å². The van der Waals surface area contributed by atoms with Gasteiger partial charge in [0.2, 0.25) is 0 Å². The highest BCUT2D eigenvalue weighted by atomic mass is 79.9. The van der Waals surface area contributed by atoms with Gasteiger partial charge in [0.05, 0.1) is 6.10 Å². The molecule has 1 heterocycles. The zero-order chi connectivity index (χ0) is 12.3. The molecule has 0 amide bonds. The van der Waals surface area contributed by atoms with Gasteiger partial charge in [-0.2, -0.15) is 0 Å². The van der Waals surface area contributed by atoms with E-state index in [1.165, 1.54) is 28.4 Å². The fourth-order valence-electron chi connectivity index (χ4n) is 2.53. The molecule has 0 radical (unpaired) electrons. The van der Waals surface area contributed by atoms with Gasteiger partial charge in [0, 0.05) is 23.5 Å². The van der Waals surface area contributed by atoms with E-state index in [9.17, 15) is 0 Å². The SMILES string of the molecule is CNCC1CCCOC1c1ccc(Br)c(C)c1. The number of halogens is 1. The summed E-state index contributed by atoms with van der Waals surface area (Å²) in [6.07, 6.45) is 2.68. The van der Waals surface area contributed by atoms with E-state index in [1.807, 2.05) is 7.05 Å². The molecule has 2 nitrogen and oxygen atoms in total. The Hall–Kier alpha value is -0.380. The molecule has 1 aliphatic heterocycles. The summed E-state index contributed by atoms with van der Waals surface area (Å²) in [6, 6.07) is 6.54. The molecule has 2 rings (SSSR count). The van der Waals surface area contributed by atoms with Gasteiger partial charge in [-0.25, -0.2) is 0 Å². The Morgan fingerprint density at radius 2 is 2.29 bits per heavy atom. The van der Waals surface area contributed by atoms with Crippen molar-refractivity contribution < 1.29 is 4.74 Å². The molecule has 1 aromatic carbocycles. The molecular formula is C14H20BrNO. The predicted molar refractivity (Wildman–Crippen MR) is 74.2 cm³/mol. The molecule has 1 saturated heterocycles. The number of benzene rings is 1. The van der Waals surface area contributed by atoms with Crippen LogP contribution in [-0.4, -0.2) is 20.2 Å². The quantitative estimate of drug-likeness (QED) is 0.923. The van der Waals surface area contributed by atoms with Crippen molar-refractivity contribution in [3.05, 3.63) is 33.8 Å². The van der Waals surface area contributed by atoms with Gasteiger partial charge >= 0.3 is 0 Å². The van der Waals surface area contributed by atoms with E-state index in [0.717, 1.165) is 13.2 Å². The summed E-state index contributed by atoms with van der Waals surface area (Å²) in [5.74, 6) is 0.592. The van der Waals surface area contributed by atoms with Gasteiger partial charge in [-0.05, 0) is 44.0 Å². The lowest BCUT2D eigenvalue weighted by Crippen LogP contribution is -2.30. The van der Waals surface area contributed by atoms with Crippen LogP contribution in [0.15, 0.2) is 22.7 Å². The highest BCUT2D eigenvalue weighted by Gasteiger charge is 2.26. The zero-order valence-electron chi connectivity index (χ0n) is 10.5. The lowest BCUT2D eigenvalue weighted by Gasteiger charge is -2.32. The Bertz CT molecular complexity index is 378. The lowest BCUT2D eigenvalue weighted by atomic mass is 9.89. The summed E-state index contributed by atoms with van der Waals surface area (Å²) in [5.41, 5.74) is 2.59. The summed E-state index contributed by atoms with van der Waals surface area (Å²) in [6.45, 7) is 4.04. The Morgan fingerprint density at radius 1 is 1.47 bits per heavy atom. The molecule has 0 bridgehead atoms. The van der Waals surface area contributed by atoms with Crippen LogP contribution in [0.3, 0.4) is 0 Å². The number of aryl methyl sites for hydroxylation is 1. The molecule has 2 atom stereocenters. The van der Waals surface area contributed by atoms with Gasteiger partial charge in [-0.1, -0.05) is 28.1 Å². The first kappa shape index (κ1) is 13.1. The van der Waals surface area contributed by atoms with Crippen molar-refractivity contribution >= 4 is 15.9 Å². The van der Waals surface area contributed by atoms with Crippen LogP contribution in [0.1, 0.15) is 30.1 Å². The van der Waals surface area contributed by atoms with E-state index >= 15 is 0 Å². The van der Waals surface area contributed by atoms with E-state index in [0.29, 0.717) is 5.92 Å². The minimum Gasteiger partial charge on any atom is -0.373 e. The highest BCUT2D eigenvalue weighted by Crippen LogP contribution is 2.34. The minimum atomic E-state index is 0.253. The maximum absolute atomic E-state index is 5.97. The monoisotopic (exact) mass is 297 g/mol. The van der Waals surface area contributed by atoms with Crippen molar-refractivity contribution in [3.8, 4) is 0 Å². The van der Waals surface area contributed by atoms with Crippen molar-refractivity contribution in [1.82, 2.24) is 5.32 Å². The lowest BCUT2D eigenvalue weighted by molar-refractivity contribution is -0.0272. The molecule has 0 aromatic heterocycles. The molecule has 3 heteroatoms. The van der Waals surface area contributed by atoms with Crippen LogP contribution in [0, 0.1) is 12.8 Å². The van der Waals surface area contributed by atoms with Crippen LogP contribution in [0.2, 0.25) is 0 Å². The first-order valence-corrected chi connectivity index (χ1v) is 7.04. The van der Waals surface area contributed by atoms with Crippen LogP contribution in [0.25, 0.3) is 0 Å². The second-order valence-electron chi connectivity index (χ2n) is 4.76. The van der Waals surface area contributed by atoms with Crippen molar-refractivity contribution in [1.29, 1.82) is 0 Å². The Labute approximate surface area is 112 Å². The third-order valence-electron chi connectivity index (χ3n) is 3.42. The maximum Gasteiger partial charge on any atom is 0.0865 e. The molecule has 1 fully saturated rings. The molecule has 0 spiro atoms. The third-order valence-corrected chi connectivity index (χ3v) is 4.31. The average molecular weight is 298 g/mol. The standard InChI is InChI=1S/C14H20BrNO/c1-10-8-11(5-6-13(10)15)14-12(9-16-2)4-3-7-17-14/h5-6,8,12,14,16H,3-4,7,9H2,1-2H3. The summed E-state index contributed by atoms with van der Waals surface area (Å²) >= 11 is 3.55. The zero-order valence-corrected chi connectivity index (χ0v) is 12.1. The van der Waals surface area contributed by atoms with E-state index in [2.05, 4.69) is 46.4 Å². The fourth-order valence-corrected chi connectivity index (χ4v) is 2.77. The second kappa shape index (κ2) is 5.98. The fraction of sp³-hybridized carbons (Fsp3) is 0.571. The minimum absolute atomic E-state index is 0.253. The Morgan fingerprint density at radius 3 is 3.00 bits per heavy atom. The van der Waals surface area contributed by atoms with E-state index in [4.69, 9.17) is 4.74 Å². The Balaban J connectivity index is 2.20. The molecule has 1 N–H and O–H groups in total. The van der Waals surface area contributed by atoms with E-state index in [-0.39, 0.29) is 6.10 Å². The van der Waals surface area contributed by atoms with Gasteiger partial charge in [-0.15, -0.1) is 0 Å². The normalized spacial score (nSPS) is 24.9. The number of hydrogen-bond donors (Lipinski definition) is 1. The van der Waals surface area contributed by atoms with Crippen molar-refractivity contribution in [2.45, 2.75) is 25.9 Å². The van der Waals surface area contributed by atoms with Gasteiger partial charge < -0.3 is 10.1 Å². The molecule has 0 saturated carbocycles. The topological polar surface area (TPSA) is 21.3 Å². The predicted octanol–water partition coefficient (Wildman–Crippen LogP) is 3.44.